The van der Waals surface area contributed by atoms with Crippen molar-refractivity contribution in [2.45, 2.75) is 25.3 Å². The SMILES string of the molecule is COCC(=O)N(C)[C@H](Cc1ccc(F)cc1)C1CCN(C(=O)c2cccs2)CC1. The minimum absolute atomic E-state index is 0.0258. The fourth-order valence-corrected chi connectivity index (χ4v) is 4.63. The van der Waals surface area contributed by atoms with E-state index in [0.717, 1.165) is 23.3 Å². The Morgan fingerprint density at radius 1 is 1.24 bits per heavy atom. The molecule has 0 radical (unpaired) electrons. The standard InChI is InChI=1S/C22H27FN2O3S/c1-24(21(26)15-28-2)19(14-16-5-7-18(23)8-6-16)17-9-11-25(12-10-17)22(27)20-4-3-13-29-20/h3-8,13,17,19H,9-12,14-15H2,1-2H3/t19-/m1/s1. The zero-order valence-corrected chi connectivity index (χ0v) is 17.7. The molecule has 2 amide bonds. The highest BCUT2D eigenvalue weighted by Gasteiger charge is 2.33. The van der Waals surface area contributed by atoms with Gasteiger partial charge in [-0.3, -0.25) is 9.59 Å². The van der Waals surface area contributed by atoms with E-state index in [-0.39, 0.29) is 36.2 Å². The third kappa shape index (κ3) is 5.42. The van der Waals surface area contributed by atoms with Crippen LogP contribution < -0.4 is 0 Å². The fraction of sp³-hybridized carbons (Fsp3) is 0.455. The lowest BCUT2D eigenvalue weighted by atomic mass is 9.85. The lowest BCUT2D eigenvalue weighted by Crippen LogP contribution is -2.49. The Balaban J connectivity index is 1.69. The van der Waals surface area contributed by atoms with Gasteiger partial charge in [0.25, 0.3) is 5.91 Å². The van der Waals surface area contributed by atoms with Crippen molar-refractivity contribution in [2.24, 2.45) is 5.92 Å². The van der Waals surface area contributed by atoms with Gasteiger partial charge in [-0.2, -0.15) is 0 Å². The van der Waals surface area contributed by atoms with Gasteiger partial charge in [0.1, 0.15) is 12.4 Å². The van der Waals surface area contributed by atoms with Crippen LogP contribution in [0, 0.1) is 11.7 Å². The smallest absolute Gasteiger partial charge is 0.263 e. The van der Waals surface area contributed by atoms with Gasteiger partial charge in [-0.05, 0) is 54.3 Å². The van der Waals surface area contributed by atoms with Crippen molar-refractivity contribution >= 4 is 23.2 Å². The minimum atomic E-state index is -0.269. The molecule has 2 heterocycles. The van der Waals surface area contributed by atoms with E-state index in [0.29, 0.717) is 19.5 Å². The molecule has 1 atom stereocenters. The first-order valence-electron chi connectivity index (χ1n) is 9.81. The highest BCUT2D eigenvalue weighted by Crippen LogP contribution is 2.28. The summed E-state index contributed by atoms with van der Waals surface area (Å²) < 4.78 is 18.3. The van der Waals surface area contributed by atoms with E-state index in [1.165, 1.54) is 30.6 Å². The van der Waals surface area contributed by atoms with Crippen molar-refractivity contribution < 1.29 is 18.7 Å². The third-order valence-electron chi connectivity index (χ3n) is 5.62. The Hall–Kier alpha value is -2.25. The highest BCUT2D eigenvalue weighted by atomic mass is 32.1. The molecule has 5 nitrogen and oxygen atoms in total. The highest BCUT2D eigenvalue weighted by molar-refractivity contribution is 7.12. The van der Waals surface area contributed by atoms with Gasteiger partial charge in [-0.1, -0.05) is 18.2 Å². The number of likely N-dealkylation sites (tertiary alicyclic amines) is 1. The van der Waals surface area contributed by atoms with Gasteiger partial charge < -0.3 is 14.5 Å². The van der Waals surface area contributed by atoms with E-state index < -0.39 is 0 Å². The first-order valence-corrected chi connectivity index (χ1v) is 10.7. The number of carbonyl (C=O) groups excluding carboxylic acids is 2. The molecule has 1 aromatic carbocycles. The number of halogens is 1. The van der Waals surface area contributed by atoms with E-state index in [1.807, 2.05) is 22.4 Å². The van der Waals surface area contributed by atoms with Crippen LogP contribution in [-0.2, 0) is 16.0 Å². The summed E-state index contributed by atoms with van der Waals surface area (Å²) in [5.74, 6) is 0.00167. The summed E-state index contributed by atoms with van der Waals surface area (Å²) in [5, 5.41) is 1.91. The summed E-state index contributed by atoms with van der Waals surface area (Å²) in [6, 6.07) is 10.2. The van der Waals surface area contributed by atoms with Crippen LogP contribution in [0.4, 0.5) is 4.39 Å². The molecular formula is C22H27FN2O3S. The second-order valence-electron chi connectivity index (χ2n) is 7.44. The summed E-state index contributed by atoms with van der Waals surface area (Å²) in [5.41, 5.74) is 0.991. The van der Waals surface area contributed by atoms with E-state index in [9.17, 15) is 14.0 Å². The molecule has 0 spiro atoms. The van der Waals surface area contributed by atoms with Crippen LogP contribution in [0.15, 0.2) is 41.8 Å². The number of hydrogen-bond acceptors (Lipinski definition) is 4. The summed E-state index contributed by atoms with van der Waals surface area (Å²) in [4.78, 5) is 29.5. The predicted molar refractivity (Wildman–Crippen MR) is 111 cm³/mol. The van der Waals surface area contributed by atoms with Crippen LogP contribution >= 0.6 is 11.3 Å². The molecule has 7 heteroatoms. The molecule has 156 valence electrons. The van der Waals surface area contributed by atoms with E-state index in [2.05, 4.69) is 0 Å². The van der Waals surface area contributed by atoms with Crippen LogP contribution in [0.1, 0.15) is 28.1 Å². The van der Waals surface area contributed by atoms with Gasteiger partial charge in [-0.25, -0.2) is 4.39 Å². The van der Waals surface area contributed by atoms with E-state index in [1.54, 1.807) is 24.1 Å². The molecule has 2 aromatic rings. The summed E-state index contributed by atoms with van der Waals surface area (Å²) in [6.07, 6.45) is 2.30. The lowest BCUT2D eigenvalue weighted by Gasteiger charge is -2.40. The van der Waals surface area contributed by atoms with Crippen LogP contribution in [-0.4, -0.2) is 61.5 Å². The zero-order chi connectivity index (χ0) is 20.8. The average molecular weight is 419 g/mol. The van der Waals surface area contributed by atoms with Crippen LogP contribution in [0.2, 0.25) is 0 Å². The minimum Gasteiger partial charge on any atom is -0.375 e. The average Bonchev–Trinajstić information content (AvgIpc) is 3.27. The molecule has 0 saturated carbocycles. The number of likely N-dealkylation sites (N-methyl/N-ethyl adjacent to an activating group) is 1. The van der Waals surface area contributed by atoms with Crippen LogP contribution in [0.25, 0.3) is 0 Å². The fourth-order valence-electron chi connectivity index (χ4n) is 3.94. The molecule has 1 saturated heterocycles. The maximum absolute atomic E-state index is 13.3. The quantitative estimate of drug-likeness (QED) is 0.692. The maximum Gasteiger partial charge on any atom is 0.263 e. The molecule has 1 fully saturated rings. The second kappa shape index (κ2) is 9.98. The van der Waals surface area contributed by atoms with Crippen LogP contribution in [0.5, 0.6) is 0 Å². The second-order valence-corrected chi connectivity index (χ2v) is 8.39. The first kappa shape index (κ1) is 21.5. The molecule has 29 heavy (non-hydrogen) atoms. The number of rotatable bonds is 7. The number of methoxy groups -OCH3 is 1. The van der Waals surface area contributed by atoms with Gasteiger partial charge in [0.05, 0.1) is 4.88 Å². The van der Waals surface area contributed by atoms with Crippen molar-refractivity contribution in [3.63, 3.8) is 0 Å². The van der Waals surface area contributed by atoms with E-state index in [4.69, 9.17) is 4.74 Å². The number of amides is 2. The summed E-state index contributed by atoms with van der Waals surface area (Å²) >= 11 is 1.46. The molecule has 1 aromatic heterocycles. The van der Waals surface area contributed by atoms with Crippen molar-refractivity contribution in [1.82, 2.24) is 9.80 Å². The monoisotopic (exact) mass is 418 g/mol. The third-order valence-corrected chi connectivity index (χ3v) is 6.48. The van der Waals surface area contributed by atoms with Gasteiger partial charge in [0.15, 0.2) is 0 Å². The van der Waals surface area contributed by atoms with Gasteiger partial charge in [0.2, 0.25) is 5.91 Å². The number of hydrogen-bond donors (Lipinski definition) is 0. The Labute approximate surface area is 175 Å². The number of nitrogens with zero attached hydrogens (tertiary/aromatic N) is 2. The number of carbonyl (C=O) groups is 2. The zero-order valence-electron chi connectivity index (χ0n) is 16.8. The molecule has 3 rings (SSSR count). The van der Waals surface area contributed by atoms with Crippen molar-refractivity contribution in [3.05, 3.63) is 58.0 Å². The molecular weight excluding hydrogens is 391 g/mol. The predicted octanol–water partition coefficient (Wildman–Crippen LogP) is 3.46. The number of piperidine rings is 1. The van der Waals surface area contributed by atoms with Crippen molar-refractivity contribution in [2.75, 3.05) is 33.9 Å². The Morgan fingerprint density at radius 2 is 1.93 bits per heavy atom. The van der Waals surface area contributed by atoms with Gasteiger partial charge >= 0.3 is 0 Å². The molecule has 0 unspecified atom stereocenters. The van der Waals surface area contributed by atoms with Crippen molar-refractivity contribution in [1.29, 1.82) is 0 Å². The molecule has 0 aliphatic carbocycles. The lowest BCUT2D eigenvalue weighted by molar-refractivity contribution is -0.137. The Bertz CT molecular complexity index is 802. The largest absolute Gasteiger partial charge is 0.375 e. The Morgan fingerprint density at radius 3 is 2.52 bits per heavy atom. The maximum atomic E-state index is 13.3. The summed E-state index contributed by atoms with van der Waals surface area (Å²) in [7, 11) is 3.31. The van der Waals surface area contributed by atoms with Crippen LogP contribution in [0.3, 0.4) is 0 Å². The normalized spacial score (nSPS) is 15.9. The van der Waals surface area contributed by atoms with Gasteiger partial charge in [-0.15, -0.1) is 11.3 Å². The van der Waals surface area contributed by atoms with E-state index >= 15 is 0 Å². The molecule has 0 N–H and O–H groups in total. The molecule has 1 aliphatic rings. The number of ether oxygens (including phenoxy) is 1. The molecule has 1 aliphatic heterocycles. The van der Waals surface area contributed by atoms with Gasteiger partial charge in [0, 0.05) is 33.3 Å². The number of benzene rings is 1. The first-order chi connectivity index (χ1) is 14.0. The topological polar surface area (TPSA) is 49.9 Å². The Kier molecular flexibility index (Phi) is 7.39. The number of thiophene rings is 1. The van der Waals surface area contributed by atoms with Crippen molar-refractivity contribution in [3.8, 4) is 0 Å². The summed E-state index contributed by atoms with van der Waals surface area (Å²) in [6.45, 7) is 1.38. The molecule has 0 bridgehead atoms.